The third kappa shape index (κ3) is 4.02. The van der Waals surface area contributed by atoms with Gasteiger partial charge in [0.1, 0.15) is 13.2 Å². The maximum atomic E-state index is 12.6. The molecule has 6 heteroatoms. The summed E-state index contributed by atoms with van der Waals surface area (Å²) in [6.07, 6.45) is 0. The van der Waals surface area contributed by atoms with Crippen LogP contribution in [0.5, 0.6) is 11.5 Å². The molecule has 1 amide bonds. The molecule has 0 saturated heterocycles. The van der Waals surface area contributed by atoms with Crippen LogP contribution in [0.2, 0.25) is 0 Å². The van der Waals surface area contributed by atoms with Crippen molar-refractivity contribution in [1.82, 2.24) is 4.90 Å². The van der Waals surface area contributed by atoms with Gasteiger partial charge in [0.25, 0.3) is 5.91 Å². The molecule has 1 heterocycles. The summed E-state index contributed by atoms with van der Waals surface area (Å²) in [4.78, 5) is 14.2. The van der Waals surface area contributed by atoms with Crippen LogP contribution in [0.4, 0.5) is 0 Å². The largest absolute Gasteiger partial charge is 0.486 e. The Morgan fingerprint density at radius 1 is 1.33 bits per heavy atom. The number of ether oxygens (including phenoxy) is 2. The van der Waals surface area contributed by atoms with Crippen molar-refractivity contribution in [3.8, 4) is 11.5 Å². The number of hydrogen-bond donors (Lipinski definition) is 1. The van der Waals surface area contributed by atoms with Crippen LogP contribution in [0.15, 0.2) is 18.2 Å². The summed E-state index contributed by atoms with van der Waals surface area (Å²) in [6.45, 7) is 6.17. The molecule has 0 atom stereocenters. The number of para-hydroxylation sites is 1. The number of carbonyl (C=O) groups excluding carboxylic acids is 1. The van der Waals surface area contributed by atoms with E-state index in [4.69, 9.17) is 15.2 Å². The number of nitrogens with two attached hydrogens (primary N) is 1. The molecule has 0 saturated carbocycles. The van der Waals surface area contributed by atoms with Crippen LogP contribution in [-0.2, 0) is 0 Å². The van der Waals surface area contributed by atoms with E-state index in [9.17, 15) is 4.79 Å². The Kier molecular flexibility index (Phi) is 5.87. The van der Waals surface area contributed by atoms with Crippen molar-refractivity contribution in [2.75, 3.05) is 33.4 Å². The first-order valence-electron chi connectivity index (χ1n) is 6.79. The maximum absolute atomic E-state index is 12.6. The summed E-state index contributed by atoms with van der Waals surface area (Å²) in [5.74, 6) is 1.10. The van der Waals surface area contributed by atoms with Crippen LogP contribution in [0, 0.1) is 5.41 Å². The molecule has 0 aliphatic carbocycles. The summed E-state index contributed by atoms with van der Waals surface area (Å²) in [5, 5.41) is 0. The second kappa shape index (κ2) is 7.00. The number of amides is 1. The van der Waals surface area contributed by atoms with E-state index < -0.39 is 0 Å². The molecule has 1 aliphatic rings. The van der Waals surface area contributed by atoms with Crippen LogP contribution in [0.1, 0.15) is 24.2 Å². The Labute approximate surface area is 131 Å². The van der Waals surface area contributed by atoms with Gasteiger partial charge in [-0.25, -0.2) is 0 Å². The van der Waals surface area contributed by atoms with E-state index in [1.807, 2.05) is 26.0 Å². The number of fused-ring (bicyclic) bond motifs is 1. The Hall–Kier alpha value is -1.46. The van der Waals surface area contributed by atoms with Gasteiger partial charge in [-0.2, -0.15) is 0 Å². The van der Waals surface area contributed by atoms with Crippen LogP contribution in [0.3, 0.4) is 0 Å². The molecule has 0 fully saturated rings. The molecular weight excluding hydrogens is 292 g/mol. The molecule has 0 unspecified atom stereocenters. The van der Waals surface area contributed by atoms with Crippen molar-refractivity contribution in [2.24, 2.45) is 11.1 Å². The van der Waals surface area contributed by atoms with Gasteiger partial charge in [-0.15, -0.1) is 12.4 Å². The van der Waals surface area contributed by atoms with Gasteiger partial charge in [-0.05, 0) is 24.1 Å². The fraction of sp³-hybridized carbons (Fsp3) is 0.533. The molecule has 0 radical (unpaired) electrons. The minimum absolute atomic E-state index is 0. The van der Waals surface area contributed by atoms with Crippen molar-refractivity contribution in [1.29, 1.82) is 0 Å². The molecule has 5 nitrogen and oxygen atoms in total. The SMILES string of the molecule is CN(CC(C)(C)CN)C(=O)c1cccc2c1OCCO2.Cl. The fourth-order valence-electron chi connectivity index (χ4n) is 2.23. The summed E-state index contributed by atoms with van der Waals surface area (Å²) < 4.78 is 11.1. The van der Waals surface area contributed by atoms with Gasteiger partial charge in [0.2, 0.25) is 0 Å². The number of benzene rings is 1. The predicted octanol–water partition coefficient (Wildman–Crippen LogP) is 1.94. The first-order chi connectivity index (χ1) is 9.44. The van der Waals surface area contributed by atoms with Gasteiger partial charge in [0.15, 0.2) is 11.5 Å². The summed E-state index contributed by atoms with van der Waals surface area (Å²) in [6, 6.07) is 5.39. The normalized spacial score (nSPS) is 13.3. The number of halogens is 1. The van der Waals surface area contributed by atoms with E-state index in [1.165, 1.54) is 0 Å². The molecule has 21 heavy (non-hydrogen) atoms. The lowest BCUT2D eigenvalue weighted by molar-refractivity contribution is 0.0730. The van der Waals surface area contributed by atoms with E-state index >= 15 is 0 Å². The molecule has 0 aromatic heterocycles. The smallest absolute Gasteiger partial charge is 0.257 e. The summed E-state index contributed by atoms with van der Waals surface area (Å²) >= 11 is 0. The van der Waals surface area contributed by atoms with Crippen molar-refractivity contribution < 1.29 is 14.3 Å². The second-order valence-corrected chi connectivity index (χ2v) is 5.86. The number of carbonyl (C=O) groups is 1. The Bertz CT molecular complexity index is 506. The van der Waals surface area contributed by atoms with Gasteiger partial charge in [-0.1, -0.05) is 19.9 Å². The van der Waals surface area contributed by atoms with E-state index in [1.54, 1.807) is 18.0 Å². The van der Waals surface area contributed by atoms with Crippen LogP contribution in [-0.4, -0.2) is 44.2 Å². The zero-order chi connectivity index (χ0) is 14.8. The molecule has 1 aliphatic heterocycles. The molecule has 118 valence electrons. The highest BCUT2D eigenvalue weighted by Crippen LogP contribution is 2.34. The highest BCUT2D eigenvalue weighted by Gasteiger charge is 2.26. The third-order valence-corrected chi connectivity index (χ3v) is 3.36. The van der Waals surface area contributed by atoms with Gasteiger partial charge in [0, 0.05) is 13.6 Å². The summed E-state index contributed by atoms with van der Waals surface area (Å²) in [5.41, 5.74) is 6.15. The van der Waals surface area contributed by atoms with Gasteiger partial charge < -0.3 is 20.1 Å². The predicted molar refractivity (Wildman–Crippen MR) is 84.5 cm³/mol. The first-order valence-corrected chi connectivity index (χ1v) is 6.79. The van der Waals surface area contributed by atoms with Gasteiger partial charge in [0.05, 0.1) is 5.56 Å². The summed E-state index contributed by atoms with van der Waals surface area (Å²) in [7, 11) is 1.78. The van der Waals surface area contributed by atoms with Crippen LogP contribution < -0.4 is 15.2 Å². The average molecular weight is 315 g/mol. The average Bonchev–Trinajstić information content (AvgIpc) is 2.45. The van der Waals surface area contributed by atoms with Crippen LogP contribution in [0.25, 0.3) is 0 Å². The standard InChI is InChI=1S/C15H22N2O3.ClH/c1-15(2,9-16)10-17(3)14(18)11-5-4-6-12-13(11)20-8-7-19-12;/h4-6H,7-10,16H2,1-3H3;1H. The lowest BCUT2D eigenvalue weighted by Crippen LogP contribution is -2.40. The Morgan fingerprint density at radius 3 is 2.67 bits per heavy atom. The molecular formula is C15H23ClN2O3. The highest BCUT2D eigenvalue weighted by atomic mass is 35.5. The molecule has 0 bridgehead atoms. The fourth-order valence-corrected chi connectivity index (χ4v) is 2.23. The zero-order valence-electron chi connectivity index (χ0n) is 12.7. The number of hydrogen-bond acceptors (Lipinski definition) is 4. The quantitative estimate of drug-likeness (QED) is 0.922. The van der Waals surface area contributed by atoms with Crippen molar-refractivity contribution in [3.05, 3.63) is 23.8 Å². The third-order valence-electron chi connectivity index (χ3n) is 3.36. The molecule has 2 N–H and O–H groups in total. The van der Waals surface area contributed by atoms with E-state index in [-0.39, 0.29) is 23.7 Å². The van der Waals surface area contributed by atoms with E-state index in [2.05, 4.69) is 0 Å². The lowest BCUT2D eigenvalue weighted by atomic mass is 9.93. The first kappa shape index (κ1) is 17.6. The second-order valence-electron chi connectivity index (χ2n) is 5.86. The van der Waals surface area contributed by atoms with Crippen molar-refractivity contribution >= 4 is 18.3 Å². The van der Waals surface area contributed by atoms with Crippen molar-refractivity contribution in [3.63, 3.8) is 0 Å². The van der Waals surface area contributed by atoms with Gasteiger partial charge in [-0.3, -0.25) is 4.79 Å². The Balaban J connectivity index is 0.00000220. The van der Waals surface area contributed by atoms with Crippen molar-refractivity contribution in [2.45, 2.75) is 13.8 Å². The Morgan fingerprint density at radius 2 is 2.00 bits per heavy atom. The molecule has 2 rings (SSSR count). The topological polar surface area (TPSA) is 64.8 Å². The van der Waals surface area contributed by atoms with E-state index in [0.717, 1.165) is 0 Å². The monoisotopic (exact) mass is 314 g/mol. The zero-order valence-corrected chi connectivity index (χ0v) is 13.5. The maximum Gasteiger partial charge on any atom is 0.257 e. The van der Waals surface area contributed by atoms with Gasteiger partial charge >= 0.3 is 0 Å². The number of rotatable bonds is 4. The molecule has 0 spiro atoms. The highest BCUT2D eigenvalue weighted by molar-refractivity contribution is 5.97. The lowest BCUT2D eigenvalue weighted by Gasteiger charge is -2.30. The minimum atomic E-state index is -0.114. The van der Waals surface area contributed by atoms with Crippen LogP contribution >= 0.6 is 12.4 Å². The molecule has 1 aromatic carbocycles. The van der Waals surface area contributed by atoms with E-state index in [0.29, 0.717) is 43.4 Å². The number of nitrogens with zero attached hydrogens (tertiary/aromatic N) is 1. The molecule has 1 aromatic rings. The minimum Gasteiger partial charge on any atom is -0.486 e.